The topological polar surface area (TPSA) is 24.5 Å². The second-order valence-corrected chi connectivity index (χ2v) is 6.44. The highest BCUT2D eigenvalue weighted by Crippen LogP contribution is 2.42. The molecule has 1 aliphatic rings. The summed E-state index contributed by atoms with van der Waals surface area (Å²) in [6.07, 6.45) is 0. The average molecular weight is 353 g/mol. The van der Waals surface area contributed by atoms with Gasteiger partial charge in [0.15, 0.2) is 0 Å². The van der Waals surface area contributed by atoms with Gasteiger partial charge in [-0.25, -0.2) is 4.39 Å². The quantitative estimate of drug-likeness (QED) is 0.897. The molecule has 1 N–H and O–H groups in total. The maximum absolute atomic E-state index is 13.7. The molecule has 1 aliphatic heterocycles. The molecule has 1 atom stereocenters. The van der Waals surface area contributed by atoms with Crippen molar-refractivity contribution in [2.24, 2.45) is 5.41 Å². The van der Waals surface area contributed by atoms with E-state index in [0.29, 0.717) is 0 Å². The Kier molecular flexibility index (Phi) is 8.70. The molecule has 0 aliphatic carbocycles. The van der Waals surface area contributed by atoms with Crippen LogP contribution in [0, 0.1) is 11.2 Å². The van der Waals surface area contributed by atoms with Gasteiger partial charge in [-0.2, -0.15) is 0 Å². The van der Waals surface area contributed by atoms with Crippen LogP contribution in [-0.4, -0.2) is 38.2 Å². The zero-order valence-electron chi connectivity index (χ0n) is 13.7. The Morgan fingerprint density at radius 2 is 1.77 bits per heavy atom. The Bertz CT molecular complexity index is 460. The van der Waals surface area contributed by atoms with Gasteiger partial charge >= 0.3 is 0 Å². The number of rotatable bonds is 3. The predicted molar refractivity (Wildman–Crippen MR) is 94.1 cm³/mol. The highest BCUT2D eigenvalue weighted by atomic mass is 35.5. The summed E-state index contributed by atoms with van der Waals surface area (Å²) in [6, 6.07) is 4.96. The van der Waals surface area contributed by atoms with E-state index in [0.717, 1.165) is 37.5 Å². The van der Waals surface area contributed by atoms with E-state index < -0.39 is 0 Å². The molecule has 0 unspecified atom stereocenters. The van der Waals surface area contributed by atoms with Crippen LogP contribution in [0.3, 0.4) is 0 Å². The Morgan fingerprint density at radius 3 is 2.27 bits per heavy atom. The van der Waals surface area contributed by atoms with Gasteiger partial charge in [0.25, 0.3) is 0 Å². The van der Waals surface area contributed by atoms with E-state index >= 15 is 0 Å². The summed E-state index contributed by atoms with van der Waals surface area (Å²) >= 11 is 0. The number of ether oxygens (including phenoxy) is 1. The van der Waals surface area contributed by atoms with Gasteiger partial charge in [0.2, 0.25) is 0 Å². The molecule has 0 aromatic heterocycles. The van der Waals surface area contributed by atoms with Crippen molar-refractivity contribution in [1.29, 1.82) is 0 Å². The van der Waals surface area contributed by atoms with Crippen molar-refractivity contribution in [1.82, 2.24) is 10.2 Å². The van der Waals surface area contributed by atoms with Gasteiger partial charge in [-0.3, -0.25) is 4.90 Å². The summed E-state index contributed by atoms with van der Waals surface area (Å²) in [7, 11) is 1.65. The van der Waals surface area contributed by atoms with Crippen LogP contribution in [0.4, 0.5) is 4.39 Å². The number of hydrogen-bond donors (Lipinski definition) is 1. The second-order valence-electron chi connectivity index (χ2n) is 6.44. The Morgan fingerprint density at radius 1 is 1.18 bits per heavy atom. The average Bonchev–Trinajstić information content (AvgIpc) is 2.39. The van der Waals surface area contributed by atoms with Crippen molar-refractivity contribution in [3.05, 3.63) is 29.6 Å². The van der Waals surface area contributed by atoms with Crippen molar-refractivity contribution in [3.63, 3.8) is 0 Å². The summed E-state index contributed by atoms with van der Waals surface area (Å²) < 4.78 is 19.2. The van der Waals surface area contributed by atoms with Gasteiger partial charge in [-0.1, -0.05) is 20.8 Å². The van der Waals surface area contributed by atoms with Crippen LogP contribution in [-0.2, 0) is 0 Å². The first kappa shape index (κ1) is 21.4. The largest absolute Gasteiger partial charge is 0.496 e. The lowest BCUT2D eigenvalue weighted by Gasteiger charge is -2.43. The van der Waals surface area contributed by atoms with Crippen molar-refractivity contribution < 1.29 is 9.13 Å². The highest BCUT2D eigenvalue weighted by molar-refractivity contribution is 5.85. The summed E-state index contributed by atoms with van der Waals surface area (Å²) in [4.78, 5) is 2.42. The monoisotopic (exact) mass is 352 g/mol. The molecule has 0 radical (unpaired) electrons. The molecule has 0 spiro atoms. The van der Waals surface area contributed by atoms with Crippen molar-refractivity contribution in [3.8, 4) is 5.75 Å². The lowest BCUT2D eigenvalue weighted by Crippen LogP contribution is -2.48. The van der Waals surface area contributed by atoms with E-state index in [1.807, 2.05) is 0 Å². The number of nitrogens with one attached hydrogen (secondary N) is 1. The van der Waals surface area contributed by atoms with Gasteiger partial charge in [0.05, 0.1) is 7.11 Å². The first-order valence-corrected chi connectivity index (χ1v) is 7.21. The number of benzene rings is 1. The molecule has 1 aromatic rings. The third-order valence-corrected chi connectivity index (χ3v) is 3.82. The molecule has 2 rings (SSSR count). The first-order valence-electron chi connectivity index (χ1n) is 7.21. The van der Waals surface area contributed by atoms with E-state index in [2.05, 4.69) is 31.0 Å². The molecule has 128 valence electrons. The summed E-state index contributed by atoms with van der Waals surface area (Å²) in [5.74, 6) is 0.565. The third-order valence-electron chi connectivity index (χ3n) is 3.82. The second kappa shape index (κ2) is 8.92. The minimum absolute atomic E-state index is 0. The SMILES string of the molecule is COc1ccc(F)cc1[C@H](N1CCNCC1)C(C)(C)C.Cl.Cl. The van der Waals surface area contributed by atoms with Crippen LogP contribution in [0.25, 0.3) is 0 Å². The number of piperazine rings is 1. The smallest absolute Gasteiger partial charge is 0.123 e. The Hall–Kier alpha value is -0.550. The van der Waals surface area contributed by atoms with Crippen LogP contribution in [0.5, 0.6) is 5.75 Å². The van der Waals surface area contributed by atoms with E-state index in [9.17, 15) is 4.39 Å². The Labute approximate surface area is 145 Å². The van der Waals surface area contributed by atoms with Crippen LogP contribution in [0.15, 0.2) is 18.2 Å². The molecule has 0 saturated carbocycles. The minimum Gasteiger partial charge on any atom is -0.496 e. The maximum atomic E-state index is 13.7. The molecule has 0 amide bonds. The molecule has 1 heterocycles. The molecule has 6 heteroatoms. The van der Waals surface area contributed by atoms with Gasteiger partial charge in [0.1, 0.15) is 11.6 Å². The Balaban J connectivity index is 0.00000220. The summed E-state index contributed by atoms with van der Waals surface area (Å²) in [5.41, 5.74) is 0.959. The van der Waals surface area contributed by atoms with Gasteiger partial charge in [0, 0.05) is 37.8 Å². The summed E-state index contributed by atoms with van der Waals surface area (Å²) in [6.45, 7) is 10.5. The van der Waals surface area contributed by atoms with E-state index in [1.54, 1.807) is 19.2 Å². The number of nitrogens with zero attached hydrogens (tertiary/aromatic N) is 1. The fourth-order valence-corrected chi connectivity index (χ4v) is 3.07. The van der Waals surface area contributed by atoms with Crippen molar-refractivity contribution in [2.45, 2.75) is 26.8 Å². The molecular weight excluding hydrogens is 326 g/mol. The van der Waals surface area contributed by atoms with Crippen molar-refractivity contribution in [2.75, 3.05) is 33.3 Å². The van der Waals surface area contributed by atoms with Gasteiger partial charge in [-0.05, 0) is 23.6 Å². The fraction of sp³-hybridized carbons (Fsp3) is 0.625. The zero-order valence-corrected chi connectivity index (χ0v) is 15.3. The molecule has 3 nitrogen and oxygen atoms in total. The number of halogens is 3. The zero-order chi connectivity index (χ0) is 14.8. The third kappa shape index (κ3) is 4.98. The highest BCUT2D eigenvalue weighted by Gasteiger charge is 2.34. The fourth-order valence-electron chi connectivity index (χ4n) is 3.07. The first-order chi connectivity index (χ1) is 9.43. The molecule has 0 bridgehead atoms. The van der Waals surface area contributed by atoms with E-state index in [1.165, 1.54) is 6.07 Å². The summed E-state index contributed by atoms with van der Waals surface area (Å²) in [5, 5.41) is 3.37. The van der Waals surface area contributed by atoms with Crippen LogP contribution >= 0.6 is 24.8 Å². The molecular formula is C16H27Cl2FN2O. The minimum atomic E-state index is -0.204. The molecule has 1 saturated heterocycles. The molecule has 22 heavy (non-hydrogen) atoms. The van der Waals surface area contributed by atoms with Crippen LogP contribution in [0.2, 0.25) is 0 Å². The lowest BCUT2D eigenvalue weighted by molar-refractivity contribution is 0.0839. The standard InChI is InChI=1S/C16H25FN2O.2ClH/c1-16(2,3)15(19-9-7-18-8-10-19)13-11-12(17)5-6-14(13)20-4;;/h5-6,11,15,18H,7-10H2,1-4H3;2*1H/t15-;;/m0../s1. The van der Waals surface area contributed by atoms with Crippen LogP contribution in [0.1, 0.15) is 32.4 Å². The maximum Gasteiger partial charge on any atom is 0.123 e. The number of methoxy groups -OCH3 is 1. The normalized spacial score (nSPS) is 17.1. The van der Waals surface area contributed by atoms with E-state index in [-0.39, 0.29) is 42.1 Å². The van der Waals surface area contributed by atoms with Crippen LogP contribution < -0.4 is 10.1 Å². The van der Waals surface area contributed by atoms with Gasteiger partial charge in [-0.15, -0.1) is 24.8 Å². The molecule has 1 fully saturated rings. The van der Waals surface area contributed by atoms with E-state index in [4.69, 9.17) is 4.74 Å². The predicted octanol–water partition coefficient (Wildman–Crippen LogP) is 3.67. The van der Waals surface area contributed by atoms with Crippen molar-refractivity contribution >= 4 is 24.8 Å². The lowest BCUT2D eigenvalue weighted by atomic mass is 9.80. The van der Waals surface area contributed by atoms with Gasteiger partial charge < -0.3 is 10.1 Å². The number of hydrogen-bond acceptors (Lipinski definition) is 3. The molecule has 1 aromatic carbocycles.